The van der Waals surface area contributed by atoms with Crippen molar-refractivity contribution in [1.82, 2.24) is 0 Å². The molecule has 0 atom stereocenters. The molecule has 0 unspecified atom stereocenters. The molecule has 15 heavy (non-hydrogen) atoms. The van der Waals surface area contributed by atoms with E-state index in [4.69, 9.17) is 9.47 Å². The zero-order valence-corrected chi connectivity index (χ0v) is 8.80. The third kappa shape index (κ3) is 2.97. The molecule has 0 N–H and O–H groups in total. The van der Waals surface area contributed by atoms with Gasteiger partial charge in [0, 0.05) is 18.8 Å². The standard InChI is InChI=1S/C11H14F2O2/c1-3-14-11(15-4-2)8-6-5-7-9(12)10(8)13/h5-7,11H,3-4H2,1-2H3. The van der Waals surface area contributed by atoms with Crippen molar-refractivity contribution in [2.45, 2.75) is 20.1 Å². The Kier molecular flexibility index (Phi) is 4.65. The van der Waals surface area contributed by atoms with Crippen LogP contribution in [0.5, 0.6) is 0 Å². The summed E-state index contributed by atoms with van der Waals surface area (Å²) in [6.07, 6.45) is -0.837. The predicted octanol–water partition coefficient (Wildman–Crippen LogP) is 3.04. The van der Waals surface area contributed by atoms with Crippen LogP contribution in [0.4, 0.5) is 8.78 Å². The molecule has 0 aliphatic heterocycles. The second-order valence-electron chi connectivity index (χ2n) is 2.89. The first-order valence-electron chi connectivity index (χ1n) is 4.87. The Morgan fingerprint density at radius 1 is 1.13 bits per heavy atom. The van der Waals surface area contributed by atoms with Crippen molar-refractivity contribution in [1.29, 1.82) is 0 Å². The molecule has 0 amide bonds. The van der Waals surface area contributed by atoms with E-state index in [1.165, 1.54) is 12.1 Å². The average Bonchev–Trinajstić information content (AvgIpc) is 2.22. The topological polar surface area (TPSA) is 18.5 Å². The lowest BCUT2D eigenvalue weighted by atomic mass is 10.2. The number of hydrogen-bond donors (Lipinski definition) is 0. The Hall–Kier alpha value is -1.00. The number of benzene rings is 1. The fourth-order valence-corrected chi connectivity index (χ4v) is 1.23. The van der Waals surface area contributed by atoms with Crippen LogP contribution < -0.4 is 0 Å². The number of rotatable bonds is 5. The van der Waals surface area contributed by atoms with Crippen molar-refractivity contribution in [3.8, 4) is 0 Å². The van der Waals surface area contributed by atoms with Gasteiger partial charge in [-0.1, -0.05) is 12.1 Å². The van der Waals surface area contributed by atoms with Gasteiger partial charge >= 0.3 is 0 Å². The summed E-state index contributed by atoms with van der Waals surface area (Å²) in [5.41, 5.74) is 0.0960. The van der Waals surface area contributed by atoms with Crippen molar-refractivity contribution >= 4 is 0 Å². The maximum atomic E-state index is 13.4. The third-order valence-corrected chi connectivity index (χ3v) is 1.87. The van der Waals surface area contributed by atoms with Gasteiger partial charge in [-0.3, -0.25) is 0 Å². The molecule has 1 rings (SSSR count). The molecule has 4 heteroatoms. The SMILES string of the molecule is CCOC(OCC)c1cccc(F)c1F. The summed E-state index contributed by atoms with van der Waals surface area (Å²) in [6, 6.07) is 3.95. The minimum absolute atomic E-state index is 0.0960. The van der Waals surface area contributed by atoms with Gasteiger partial charge in [0.1, 0.15) is 0 Å². The number of ether oxygens (including phenoxy) is 2. The van der Waals surface area contributed by atoms with Crippen molar-refractivity contribution in [3.05, 3.63) is 35.4 Å². The summed E-state index contributed by atoms with van der Waals surface area (Å²) in [5.74, 6) is -1.80. The van der Waals surface area contributed by atoms with E-state index in [0.29, 0.717) is 13.2 Å². The van der Waals surface area contributed by atoms with E-state index < -0.39 is 17.9 Å². The number of halogens is 2. The van der Waals surface area contributed by atoms with Crippen LogP contribution in [0, 0.1) is 11.6 Å². The first-order chi connectivity index (χ1) is 7.20. The lowest BCUT2D eigenvalue weighted by molar-refractivity contribution is -0.142. The molecule has 0 saturated heterocycles. The first kappa shape index (κ1) is 12.1. The maximum Gasteiger partial charge on any atom is 0.186 e. The molecule has 0 aromatic heterocycles. The van der Waals surface area contributed by atoms with Crippen LogP contribution in [0.15, 0.2) is 18.2 Å². The van der Waals surface area contributed by atoms with Gasteiger partial charge in [0.05, 0.1) is 0 Å². The van der Waals surface area contributed by atoms with Crippen LogP contribution >= 0.6 is 0 Å². The van der Waals surface area contributed by atoms with Gasteiger partial charge < -0.3 is 9.47 Å². The van der Waals surface area contributed by atoms with E-state index >= 15 is 0 Å². The monoisotopic (exact) mass is 216 g/mol. The smallest absolute Gasteiger partial charge is 0.186 e. The van der Waals surface area contributed by atoms with Crippen LogP contribution in [0.2, 0.25) is 0 Å². The fourth-order valence-electron chi connectivity index (χ4n) is 1.23. The normalized spacial score (nSPS) is 11.0. The highest BCUT2D eigenvalue weighted by atomic mass is 19.2. The van der Waals surface area contributed by atoms with Crippen LogP contribution in [0.1, 0.15) is 25.7 Å². The van der Waals surface area contributed by atoms with Gasteiger partial charge in [-0.25, -0.2) is 8.78 Å². The predicted molar refractivity (Wildman–Crippen MR) is 52.4 cm³/mol. The van der Waals surface area contributed by atoms with E-state index in [2.05, 4.69) is 0 Å². The molecule has 0 saturated carbocycles. The number of hydrogen-bond acceptors (Lipinski definition) is 2. The summed E-state index contributed by atoms with van der Waals surface area (Å²) < 4.78 is 36.6. The highest BCUT2D eigenvalue weighted by molar-refractivity contribution is 5.20. The van der Waals surface area contributed by atoms with Crippen LogP contribution in [0.25, 0.3) is 0 Å². The Bertz CT molecular complexity index is 309. The first-order valence-corrected chi connectivity index (χ1v) is 4.87. The summed E-state index contributed by atoms with van der Waals surface area (Å²) in [7, 11) is 0. The Labute approximate surface area is 87.8 Å². The molecule has 2 nitrogen and oxygen atoms in total. The quantitative estimate of drug-likeness (QED) is 0.704. The van der Waals surface area contributed by atoms with Gasteiger partial charge in [0.25, 0.3) is 0 Å². The second kappa shape index (κ2) is 5.78. The van der Waals surface area contributed by atoms with Gasteiger partial charge in [0.15, 0.2) is 17.9 Å². The van der Waals surface area contributed by atoms with E-state index in [1.807, 2.05) is 0 Å². The minimum atomic E-state index is -0.913. The summed E-state index contributed by atoms with van der Waals surface area (Å²) in [6.45, 7) is 4.29. The molecule has 0 heterocycles. The van der Waals surface area contributed by atoms with Crippen molar-refractivity contribution in [2.24, 2.45) is 0 Å². The highest BCUT2D eigenvalue weighted by Gasteiger charge is 2.18. The second-order valence-corrected chi connectivity index (χ2v) is 2.89. The molecule has 0 bridgehead atoms. The van der Waals surface area contributed by atoms with Crippen molar-refractivity contribution in [2.75, 3.05) is 13.2 Å². The molecule has 0 aliphatic carbocycles. The molecule has 0 radical (unpaired) electrons. The third-order valence-electron chi connectivity index (χ3n) is 1.87. The Morgan fingerprint density at radius 3 is 2.27 bits per heavy atom. The van der Waals surface area contributed by atoms with Crippen LogP contribution in [-0.2, 0) is 9.47 Å². The molecule has 0 spiro atoms. The van der Waals surface area contributed by atoms with Crippen LogP contribution in [0.3, 0.4) is 0 Å². The van der Waals surface area contributed by atoms with Crippen molar-refractivity contribution < 1.29 is 18.3 Å². The molecule has 84 valence electrons. The molecular formula is C11H14F2O2. The molecule has 0 fully saturated rings. The van der Waals surface area contributed by atoms with E-state index in [0.717, 1.165) is 6.07 Å². The Morgan fingerprint density at radius 2 is 1.73 bits per heavy atom. The minimum Gasteiger partial charge on any atom is -0.349 e. The average molecular weight is 216 g/mol. The highest BCUT2D eigenvalue weighted by Crippen LogP contribution is 2.23. The maximum absolute atomic E-state index is 13.4. The lowest BCUT2D eigenvalue weighted by Crippen LogP contribution is -2.11. The van der Waals surface area contributed by atoms with Gasteiger partial charge in [-0.2, -0.15) is 0 Å². The molecular weight excluding hydrogens is 202 g/mol. The molecule has 0 aliphatic rings. The fraction of sp³-hybridized carbons (Fsp3) is 0.455. The summed E-state index contributed by atoms with van der Waals surface area (Å²) >= 11 is 0. The summed E-state index contributed by atoms with van der Waals surface area (Å²) in [4.78, 5) is 0. The summed E-state index contributed by atoms with van der Waals surface area (Å²) in [5, 5.41) is 0. The van der Waals surface area contributed by atoms with E-state index in [-0.39, 0.29) is 5.56 Å². The zero-order valence-electron chi connectivity index (χ0n) is 8.80. The Balaban J connectivity index is 2.94. The zero-order chi connectivity index (χ0) is 11.3. The van der Waals surface area contributed by atoms with Crippen LogP contribution in [-0.4, -0.2) is 13.2 Å². The molecule has 1 aromatic carbocycles. The van der Waals surface area contributed by atoms with E-state index in [1.54, 1.807) is 13.8 Å². The van der Waals surface area contributed by atoms with E-state index in [9.17, 15) is 8.78 Å². The van der Waals surface area contributed by atoms with Gasteiger partial charge in [-0.15, -0.1) is 0 Å². The van der Waals surface area contributed by atoms with Crippen molar-refractivity contribution in [3.63, 3.8) is 0 Å². The van der Waals surface area contributed by atoms with Gasteiger partial charge in [-0.05, 0) is 19.9 Å². The molecule has 1 aromatic rings. The largest absolute Gasteiger partial charge is 0.349 e. The van der Waals surface area contributed by atoms with Gasteiger partial charge in [0.2, 0.25) is 0 Å². The lowest BCUT2D eigenvalue weighted by Gasteiger charge is -2.17.